The first-order valence-corrected chi connectivity index (χ1v) is 9.87. The van der Waals surface area contributed by atoms with Crippen molar-refractivity contribution in [2.24, 2.45) is 10.9 Å². The molecule has 0 aliphatic carbocycles. The number of hydrogen-bond donors (Lipinski definition) is 4. The summed E-state index contributed by atoms with van der Waals surface area (Å²) in [6.45, 7) is 1.68. The Bertz CT molecular complexity index is 916. The number of hydrazone groups is 1. The molecule has 0 spiro atoms. The third kappa shape index (κ3) is 7.98. The molecule has 2 aromatic carbocycles. The minimum absolute atomic E-state index is 0.0206. The van der Waals surface area contributed by atoms with Gasteiger partial charge in [0.1, 0.15) is 0 Å². The van der Waals surface area contributed by atoms with Crippen molar-refractivity contribution in [3.05, 3.63) is 64.7 Å². The van der Waals surface area contributed by atoms with E-state index in [-0.39, 0.29) is 19.7 Å². The number of amides is 3. The number of anilines is 1. The molecule has 0 radical (unpaired) electrons. The number of halogens is 1. The zero-order chi connectivity index (χ0) is 22.6. The first kappa shape index (κ1) is 23.7. The highest BCUT2D eigenvalue weighted by molar-refractivity contribution is 6.30. The smallest absolute Gasteiger partial charge is 0.319 e. The average Bonchev–Trinajstić information content (AvgIpc) is 2.75. The van der Waals surface area contributed by atoms with Crippen LogP contribution in [0, 0.1) is 0 Å². The first-order valence-electron chi connectivity index (χ1n) is 9.50. The first-order chi connectivity index (χ1) is 14.9. The number of hydrogen-bond acceptors (Lipinski definition) is 6. The molecule has 3 amide bonds. The molecular formula is C21H24ClN5O4. The van der Waals surface area contributed by atoms with E-state index in [1.54, 1.807) is 55.5 Å². The molecule has 0 fully saturated rings. The molecule has 1 unspecified atom stereocenters. The van der Waals surface area contributed by atoms with Crippen LogP contribution in [0.15, 0.2) is 53.6 Å². The summed E-state index contributed by atoms with van der Waals surface area (Å²) in [5.41, 5.74) is 1.99. The van der Waals surface area contributed by atoms with Gasteiger partial charge in [-0.25, -0.2) is 4.79 Å². The van der Waals surface area contributed by atoms with Crippen LogP contribution in [0.5, 0.6) is 0 Å². The predicted octanol–water partition coefficient (Wildman–Crippen LogP) is 2.22. The van der Waals surface area contributed by atoms with Crippen molar-refractivity contribution in [1.29, 1.82) is 0 Å². The second kappa shape index (κ2) is 12.2. The third-order valence-corrected chi connectivity index (χ3v) is 4.40. The molecule has 31 heavy (non-hydrogen) atoms. The molecule has 0 saturated carbocycles. The van der Waals surface area contributed by atoms with Crippen LogP contribution < -0.4 is 21.8 Å². The monoisotopic (exact) mass is 445 g/mol. The topological polar surface area (TPSA) is 135 Å². The highest BCUT2D eigenvalue weighted by Gasteiger charge is 2.22. The number of carbonyl (C=O) groups is 3. The van der Waals surface area contributed by atoms with E-state index < -0.39 is 23.8 Å². The Hall–Kier alpha value is -3.59. The van der Waals surface area contributed by atoms with Crippen molar-refractivity contribution in [2.45, 2.75) is 12.8 Å². The lowest BCUT2D eigenvalue weighted by Gasteiger charge is -2.17. The van der Waals surface area contributed by atoms with Crippen LogP contribution in [0.2, 0.25) is 5.02 Å². The summed E-state index contributed by atoms with van der Waals surface area (Å²) in [7, 11) is 0. The molecule has 2 aromatic rings. The van der Waals surface area contributed by atoms with Crippen molar-refractivity contribution in [2.75, 3.05) is 25.0 Å². The largest absolute Gasteiger partial charge is 0.465 e. The molecule has 5 N–H and O–H groups in total. The zero-order valence-electron chi connectivity index (χ0n) is 16.9. The molecule has 0 aliphatic rings. The van der Waals surface area contributed by atoms with Crippen molar-refractivity contribution < 1.29 is 19.1 Å². The van der Waals surface area contributed by atoms with Gasteiger partial charge in [0.05, 0.1) is 25.3 Å². The summed E-state index contributed by atoms with van der Waals surface area (Å²) in [6.07, 6.45) is 1.47. The Morgan fingerprint density at radius 2 is 1.77 bits per heavy atom. The number of urea groups is 1. The SMILES string of the molecule is CCOC(=O)C(CNC(=O)CNC(=O)Nc1ccc(C=NN)cc1)c1ccc(Cl)cc1. The van der Waals surface area contributed by atoms with E-state index in [0.29, 0.717) is 16.3 Å². The second-order valence-corrected chi connectivity index (χ2v) is 6.80. The Balaban J connectivity index is 1.84. The van der Waals surface area contributed by atoms with Crippen molar-refractivity contribution in [3.63, 3.8) is 0 Å². The Morgan fingerprint density at radius 3 is 2.39 bits per heavy atom. The number of benzene rings is 2. The number of nitrogens with zero attached hydrogens (tertiary/aromatic N) is 1. The molecule has 1 atom stereocenters. The molecule has 0 saturated heterocycles. The Labute approximate surface area is 185 Å². The van der Waals surface area contributed by atoms with Gasteiger partial charge >= 0.3 is 12.0 Å². The molecule has 0 aromatic heterocycles. The highest BCUT2D eigenvalue weighted by atomic mass is 35.5. The van der Waals surface area contributed by atoms with Crippen molar-refractivity contribution >= 4 is 41.4 Å². The van der Waals surface area contributed by atoms with Crippen molar-refractivity contribution in [3.8, 4) is 0 Å². The van der Waals surface area contributed by atoms with E-state index in [9.17, 15) is 14.4 Å². The van der Waals surface area contributed by atoms with Gasteiger partial charge in [0.15, 0.2) is 0 Å². The predicted molar refractivity (Wildman–Crippen MR) is 119 cm³/mol. The minimum Gasteiger partial charge on any atom is -0.465 e. The van der Waals surface area contributed by atoms with Gasteiger partial charge in [0.2, 0.25) is 5.91 Å². The van der Waals surface area contributed by atoms with Gasteiger partial charge < -0.3 is 26.5 Å². The summed E-state index contributed by atoms with van der Waals surface area (Å²) >= 11 is 5.89. The van der Waals surface area contributed by atoms with Gasteiger partial charge in [-0.1, -0.05) is 35.9 Å². The number of nitrogens with two attached hydrogens (primary N) is 1. The number of carbonyl (C=O) groups excluding carboxylic acids is 3. The van der Waals surface area contributed by atoms with E-state index >= 15 is 0 Å². The lowest BCUT2D eigenvalue weighted by molar-refractivity contribution is -0.144. The van der Waals surface area contributed by atoms with E-state index in [0.717, 1.165) is 5.56 Å². The van der Waals surface area contributed by atoms with Gasteiger partial charge in [-0.3, -0.25) is 9.59 Å². The van der Waals surface area contributed by atoms with Crippen LogP contribution in [0.3, 0.4) is 0 Å². The van der Waals surface area contributed by atoms with Gasteiger partial charge in [-0.15, -0.1) is 0 Å². The van der Waals surface area contributed by atoms with Gasteiger partial charge in [-0.2, -0.15) is 5.10 Å². The highest BCUT2D eigenvalue weighted by Crippen LogP contribution is 2.19. The van der Waals surface area contributed by atoms with Crippen LogP contribution in [-0.2, 0) is 14.3 Å². The van der Waals surface area contributed by atoms with Crippen LogP contribution in [-0.4, -0.2) is 43.8 Å². The molecule has 2 rings (SSSR count). The summed E-state index contributed by atoms with van der Waals surface area (Å²) in [6, 6.07) is 13.0. The van der Waals surface area contributed by atoms with E-state index in [4.69, 9.17) is 22.2 Å². The number of esters is 1. The zero-order valence-corrected chi connectivity index (χ0v) is 17.7. The lowest BCUT2D eigenvalue weighted by atomic mass is 9.99. The molecule has 10 heteroatoms. The summed E-state index contributed by atoms with van der Waals surface area (Å²) in [5.74, 6) is 3.48. The molecule has 0 bridgehead atoms. The lowest BCUT2D eigenvalue weighted by Crippen LogP contribution is -2.41. The quantitative estimate of drug-likeness (QED) is 0.203. The van der Waals surface area contributed by atoms with Crippen LogP contribution >= 0.6 is 11.6 Å². The number of ether oxygens (including phenoxy) is 1. The fraction of sp³-hybridized carbons (Fsp3) is 0.238. The normalized spacial score (nSPS) is 11.5. The maximum atomic E-state index is 12.3. The molecular weight excluding hydrogens is 422 g/mol. The fourth-order valence-corrected chi connectivity index (χ4v) is 2.75. The van der Waals surface area contributed by atoms with Gasteiger partial charge in [0.25, 0.3) is 0 Å². The van der Waals surface area contributed by atoms with E-state index in [1.807, 2.05) is 0 Å². The standard InChI is InChI=1S/C21H24ClN5O4/c1-2-31-20(29)18(15-5-7-16(22)8-6-15)12-24-19(28)13-25-21(30)27-17-9-3-14(4-10-17)11-26-23/h3-11,18H,2,12-13,23H2,1H3,(H,24,28)(H2,25,27,30). The molecule has 0 heterocycles. The van der Waals surface area contributed by atoms with Crippen LogP contribution in [0.1, 0.15) is 24.0 Å². The van der Waals surface area contributed by atoms with Crippen molar-refractivity contribution in [1.82, 2.24) is 10.6 Å². The summed E-state index contributed by atoms with van der Waals surface area (Å²) in [5, 5.41) is 11.6. The average molecular weight is 446 g/mol. The van der Waals surface area contributed by atoms with E-state index in [1.165, 1.54) is 6.21 Å². The molecule has 0 aliphatic heterocycles. The summed E-state index contributed by atoms with van der Waals surface area (Å²) < 4.78 is 5.09. The summed E-state index contributed by atoms with van der Waals surface area (Å²) in [4.78, 5) is 36.4. The minimum atomic E-state index is -0.689. The Kier molecular flexibility index (Phi) is 9.31. The molecule has 9 nitrogen and oxygen atoms in total. The fourth-order valence-electron chi connectivity index (χ4n) is 2.63. The number of rotatable bonds is 9. The van der Waals surface area contributed by atoms with Crippen LogP contribution in [0.4, 0.5) is 10.5 Å². The maximum Gasteiger partial charge on any atom is 0.319 e. The van der Waals surface area contributed by atoms with Gasteiger partial charge in [-0.05, 0) is 42.3 Å². The second-order valence-electron chi connectivity index (χ2n) is 6.37. The number of nitrogens with one attached hydrogen (secondary N) is 3. The molecule has 164 valence electrons. The van der Waals surface area contributed by atoms with Gasteiger partial charge in [0, 0.05) is 17.3 Å². The third-order valence-electron chi connectivity index (χ3n) is 4.15. The maximum absolute atomic E-state index is 12.3. The van der Waals surface area contributed by atoms with E-state index in [2.05, 4.69) is 21.1 Å². The Morgan fingerprint density at radius 1 is 1.10 bits per heavy atom. The van der Waals surface area contributed by atoms with Crippen LogP contribution in [0.25, 0.3) is 0 Å².